The molecule has 0 bridgehead atoms. The lowest BCUT2D eigenvalue weighted by Crippen LogP contribution is -2.43. The van der Waals surface area contributed by atoms with Crippen LogP contribution in [0.15, 0.2) is 0 Å². The van der Waals surface area contributed by atoms with Crippen molar-refractivity contribution in [1.29, 1.82) is 5.41 Å². The molecular formula is C5H13N3O6S. The predicted molar refractivity (Wildman–Crippen MR) is 50.9 cm³/mol. The third kappa shape index (κ3) is 19.1. The van der Waals surface area contributed by atoms with E-state index in [2.05, 4.69) is 5.32 Å². The lowest BCUT2D eigenvalue weighted by atomic mass is 10.2. The van der Waals surface area contributed by atoms with Crippen molar-refractivity contribution in [3.05, 3.63) is 0 Å². The zero-order valence-corrected chi connectivity index (χ0v) is 8.65. The molecule has 0 rings (SSSR count). The third-order valence-electron chi connectivity index (χ3n) is 1.04. The maximum absolute atomic E-state index is 10.3. The molecule has 0 aromatic carbocycles. The second kappa shape index (κ2) is 6.98. The quantitative estimate of drug-likeness (QED) is 0.201. The Labute approximate surface area is 86.4 Å². The summed E-state index contributed by atoms with van der Waals surface area (Å²) >= 11 is 0. The van der Waals surface area contributed by atoms with Gasteiger partial charge in [0.1, 0.15) is 6.04 Å². The van der Waals surface area contributed by atoms with Gasteiger partial charge in [0, 0.05) is 0 Å². The molecule has 9 nitrogen and oxygen atoms in total. The Kier molecular flexibility index (Phi) is 7.47. The number of rotatable bonds is 3. The zero-order chi connectivity index (χ0) is 12.6. The molecule has 0 radical (unpaired) electrons. The molecule has 1 atom stereocenters. The summed E-state index contributed by atoms with van der Waals surface area (Å²) in [6, 6.07) is -0.738. The van der Waals surface area contributed by atoms with E-state index in [0.717, 1.165) is 0 Å². The molecule has 0 spiro atoms. The molecule has 10 heteroatoms. The second-order valence-electron chi connectivity index (χ2n) is 2.30. The fourth-order valence-electron chi connectivity index (χ4n) is 0.526. The molecule has 0 aliphatic carbocycles. The third-order valence-corrected chi connectivity index (χ3v) is 1.04. The number of hydrogen-bond acceptors (Lipinski definition) is 4. The van der Waals surface area contributed by atoms with Crippen LogP contribution in [0, 0.1) is 5.41 Å². The van der Waals surface area contributed by atoms with Gasteiger partial charge in [-0.15, -0.1) is 0 Å². The number of aliphatic carboxylic acids is 1. The maximum atomic E-state index is 10.3. The summed E-state index contributed by atoms with van der Waals surface area (Å²) in [6.07, 6.45) is 0.412. The minimum absolute atomic E-state index is 0.311. The Morgan fingerprint density at radius 3 is 1.93 bits per heavy atom. The molecule has 0 aromatic rings. The van der Waals surface area contributed by atoms with Gasteiger partial charge in [0.25, 0.3) is 0 Å². The van der Waals surface area contributed by atoms with E-state index in [1.165, 1.54) is 0 Å². The Hall–Kier alpha value is -1.39. The minimum atomic E-state index is -4.67. The smallest absolute Gasteiger partial charge is 0.394 e. The number of nitrogens with one attached hydrogen (secondary N) is 2. The first kappa shape index (κ1) is 16.1. The molecule has 0 fully saturated rings. The number of nitrogens with two attached hydrogens (primary N) is 1. The van der Waals surface area contributed by atoms with E-state index in [1.54, 1.807) is 6.92 Å². The van der Waals surface area contributed by atoms with E-state index in [4.69, 9.17) is 33.8 Å². The molecule has 90 valence electrons. The standard InChI is InChI=1S/C5H11N3O2.H2O4S/c1-2-3(4(9)10)8-5(6)7;1-5(2,3)4/h3H,2H2,1H3,(H,9,10)(H4,6,7,8);(H2,1,2,3,4). The van der Waals surface area contributed by atoms with E-state index in [-0.39, 0.29) is 5.96 Å². The van der Waals surface area contributed by atoms with Crippen LogP contribution in [0.25, 0.3) is 0 Å². The average Bonchev–Trinajstić information content (AvgIpc) is 1.95. The Morgan fingerprint density at radius 1 is 1.53 bits per heavy atom. The van der Waals surface area contributed by atoms with Crippen molar-refractivity contribution < 1.29 is 27.4 Å². The van der Waals surface area contributed by atoms with Crippen LogP contribution in [0.2, 0.25) is 0 Å². The first-order valence-electron chi connectivity index (χ1n) is 3.61. The summed E-state index contributed by atoms with van der Waals surface area (Å²) in [6.45, 7) is 1.70. The molecule has 0 amide bonds. The van der Waals surface area contributed by atoms with E-state index in [1.807, 2.05) is 0 Å². The molecular weight excluding hydrogens is 230 g/mol. The summed E-state index contributed by atoms with van der Waals surface area (Å²) in [5, 5.41) is 17.4. The Bertz CT molecular complexity index is 305. The van der Waals surface area contributed by atoms with Gasteiger partial charge in [-0.2, -0.15) is 8.42 Å². The first-order valence-corrected chi connectivity index (χ1v) is 5.00. The fourth-order valence-corrected chi connectivity index (χ4v) is 0.526. The molecule has 15 heavy (non-hydrogen) atoms. The molecule has 0 aliphatic heterocycles. The lowest BCUT2D eigenvalue weighted by molar-refractivity contribution is -0.139. The zero-order valence-electron chi connectivity index (χ0n) is 7.84. The highest BCUT2D eigenvalue weighted by Crippen LogP contribution is 1.88. The Balaban J connectivity index is 0. The second-order valence-corrected chi connectivity index (χ2v) is 3.20. The number of carbonyl (C=O) groups is 1. The van der Waals surface area contributed by atoms with Crippen LogP contribution in [0.3, 0.4) is 0 Å². The van der Waals surface area contributed by atoms with Gasteiger partial charge in [0.2, 0.25) is 0 Å². The highest BCUT2D eigenvalue weighted by molar-refractivity contribution is 7.79. The number of guanidine groups is 1. The summed E-state index contributed by atoms with van der Waals surface area (Å²) in [5.74, 6) is -1.30. The first-order chi connectivity index (χ1) is 6.57. The number of carboxylic acid groups (broad SMARTS) is 1. The van der Waals surface area contributed by atoms with Crippen LogP contribution in [0.1, 0.15) is 13.3 Å². The fraction of sp³-hybridized carbons (Fsp3) is 0.600. The summed E-state index contributed by atoms with van der Waals surface area (Å²) < 4.78 is 31.6. The number of carboxylic acids is 1. The SMILES string of the molecule is CCC(NC(=N)N)C(=O)O.O=S(=O)(O)O. The highest BCUT2D eigenvalue weighted by atomic mass is 32.3. The van der Waals surface area contributed by atoms with Crippen molar-refractivity contribution >= 4 is 22.3 Å². The molecule has 7 N–H and O–H groups in total. The lowest BCUT2D eigenvalue weighted by Gasteiger charge is -2.10. The average molecular weight is 243 g/mol. The normalized spacial score (nSPS) is 11.9. The van der Waals surface area contributed by atoms with Gasteiger partial charge in [-0.1, -0.05) is 6.92 Å². The van der Waals surface area contributed by atoms with Crippen LogP contribution < -0.4 is 11.1 Å². The van der Waals surface area contributed by atoms with E-state index < -0.39 is 22.4 Å². The molecule has 0 heterocycles. The maximum Gasteiger partial charge on any atom is 0.394 e. The van der Waals surface area contributed by atoms with Crippen LogP contribution in [0.4, 0.5) is 0 Å². The van der Waals surface area contributed by atoms with Gasteiger partial charge in [-0.05, 0) is 6.42 Å². The summed E-state index contributed by atoms with van der Waals surface area (Å²) in [4.78, 5) is 10.3. The van der Waals surface area contributed by atoms with E-state index in [9.17, 15) is 4.79 Å². The van der Waals surface area contributed by atoms with Gasteiger partial charge in [0.15, 0.2) is 5.96 Å². The van der Waals surface area contributed by atoms with Crippen molar-refractivity contribution in [2.75, 3.05) is 0 Å². The molecule has 0 aliphatic rings. The minimum Gasteiger partial charge on any atom is -0.480 e. The molecule has 1 unspecified atom stereocenters. The van der Waals surface area contributed by atoms with Crippen molar-refractivity contribution in [1.82, 2.24) is 5.32 Å². The van der Waals surface area contributed by atoms with Crippen molar-refractivity contribution in [2.24, 2.45) is 5.73 Å². The topological polar surface area (TPSA) is 174 Å². The van der Waals surface area contributed by atoms with Gasteiger partial charge in [-0.25, -0.2) is 4.79 Å². The van der Waals surface area contributed by atoms with Crippen molar-refractivity contribution in [3.63, 3.8) is 0 Å². The monoisotopic (exact) mass is 243 g/mol. The van der Waals surface area contributed by atoms with Crippen LogP contribution in [0.5, 0.6) is 0 Å². The van der Waals surface area contributed by atoms with Crippen LogP contribution >= 0.6 is 0 Å². The Morgan fingerprint density at radius 2 is 1.87 bits per heavy atom. The van der Waals surface area contributed by atoms with Crippen LogP contribution in [-0.4, -0.2) is 40.6 Å². The molecule has 0 saturated heterocycles. The van der Waals surface area contributed by atoms with Crippen molar-refractivity contribution in [2.45, 2.75) is 19.4 Å². The van der Waals surface area contributed by atoms with Crippen molar-refractivity contribution in [3.8, 4) is 0 Å². The van der Waals surface area contributed by atoms with Gasteiger partial charge >= 0.3 is 16.4 Å². The van der Waals surface area contributed by atoms with Gasteiger partial charge in [0.05, 0.1) is 0 Å². The molecule has 0 aromatic heterocycles. The van der Waals surface area contributed by atoms with E-state index in [0.29, 0.717) is 6.42 Å². The molecule has 0 saturated carbocycles. The van der Waals surface area contributed by atoms with Gasteiger partial charge < -0.3 is 16.2 Å². The van der Waals surface area contributed by atoms with Crippen LogP contribution in [-0.2, 0) is 15.2 Å². The number of hydrogen-bond donors (Lipinski definition) is 6. The summed E-state index contributed by atoms with van der Waals surface area (Å²) in [5.41, 5.74) is 4.92. The van der Waals surface area contributed by atoms with Gasteiger partial charge in [-0.3, -0.25) is 14.5 Å². The summed E-state index contributed by atoms with van der Waals surface area (Å²) in [7, 11) is -4.67. The van der Waals surface area contributed by atoms with E-state index >= 15 is 0 Å². The predicted octanol–water partition coefficient (Wildman–Crippen LogP) is -1.32. The highest BCUT2D eigenvalue weighted by Gasteiger charge is 2.13. The largest absolute Gasteiger partial charge is 0.480 e.